The summed E-state index contributed by atoms with van der Waals surface area (Å²) in [6.45, 7) is 0.359. The highest BCUT2D eigenvalue weighted by molar-refractivity contribution is 5.40. The van der Waals surface area contributed by atoms with Crippen LogP contribution in [0.3, 0.4) is 0 Å². The number of hydrogen-bond acceptors (Lipinski definition) is 2. The molecule has 20 heavy (non-hydrogen) atoms. The van der Waals surface area contributed by atoms with Crippen molar-refractivity contribution in [1.82, 2.24) is 0 Å². The first-order valence-electron chi connectivity index (χ1n) is 6.49. The van der Waals surface area contributed by atoms with Crippen LogP contribution in [0.4, 0.5) is 8.78 Å². The summed E-state index contributed by atoms with van der Waals surface area (Å²) >= 11 is 0. The van der Waals surface area contributed by atoms with Gasteiger partial charge in [-0.25, -0.2) is 8.78 Å². The highest BCUT2D eigenvalue weighted by Gasteiger charge is 2.30. The van der Waals surface area contributed by atoms with Crippen LogP contribution in [0.15, 0.2) is 42.5 Å². The summed E-state index contributed by atoms with van der Waals surface area (Å²) in [5.74, 6) is -1.25. The zero-order chi connectivity index (χ0) is 14.1. The van der Waals surface area contributed by atoms with Crippen LogP contribution in [0, 0.1) is 11.6 Å². The van der Waals surface area contributed by atoms with E-state index in [0.29, 0.717) is 6.61 Å². The Morgan fingerprint density at radius 3 is 2.80 bits per heavy atom. The highest BCUT2D eigenvalue weighted by Crippen LogP contribution is 2.36. The van der Waals surface area contributed by atoms with Gasteiger partial charge in [-0.05, 0) is 17.7 Å². The lowest BCUT2D eigenvalue weighted by molar-refractivity contribution is 0.128. The second-order valence-electron chi connectivity index (χ2n) is 4.94. The standard InChI is InChI=1S/C16H14F2O2/c17-13-6-3-4-10(16(13)18)8-14(19)12-9-20-15-7-2-1-5-11(12)15/h1-7,12,14,19H,8-9H2. The number of para-hydroxylation sites is 1. The zero-order valence-corrected chi connectivity index (χ0v) is 10.7. The van der Waals surface area contributed by atoms with Gasteiger partial charge in [-0.3, -0.25) is 0 Å². The first-order valence-corrected chi connectivity index (χ1v) is 6.49. The van der Waals surface area contributed by atoms with Gasteiger partial charge in [0.1, 0.15) is 5.75 Å². The van der Waals surface area contributed by atoms with Crippen molar-refractivity contribution < 1.29 is 18.6 Å². The van der Waals surface area contributed by atoms with Gasteiger partial charge in [0.15, 0.2) is 11.6 Å². The number of rotatable bonds is 3. The van der Waals surface area contributed by atoms with E-state index in [0.717, 1.165) is 17.4 Å². The van der Waals surface area contributed by atoms with Crippen molar-refractivity contribution in [2.24, 2.45) is 0 Å². The van der Waals surface area contributed by atoms with Gasteiger partial charge in [0.2, 0.25) is 0 Å². The summed E-state index contributed by atoms with van der Waals surface area (Å²) in [5, 5.41) is 10.3. The van der Waals surface area contributed by atoms with Gasteiger partial charge in [-0.2, -0.15) is 0 Å². The maximum Gasteiger partial charge on any atom is 0.162 e. The van der Waals surface area contributed by atoms with Crippen LogP contribution >= 0.6 is 0 Å². The molecule has 104 valence electrons. The van der Waals surface area contributed by atoms with E-state index < -0.39 is 17.7 Å². The molecular formula is C16H14F2O2. The Kier molecular flexibility index (Phi) is 3.40. The van der Waals surface area contributed by atoms with Gasteiger partial charge in [0.05, 0.1) is 12.7 Å². The van der Waals surface area contributed by atoms with Crippen LogP contribution in [-0.4, -0.2) is 17.8 Å². The Morgan fingerprint density at radius 2 is 1.95 bits per heavy atom. The molecule has 2 aromatic rings. The van der Waals surface area contributed by atoms with Crippen molar-refractivity contribution in [1.29, 1.82) is 0 Å². The summed E-state index contributed by atoms with van der Waals surface area (Å²) in [6.07, 6.45) is -0.749. The maximum absolute atomic E-state index is 13.6. The molecule has 0 radical (unpaired) electrons. The van der Waals surface area contributed by atoms with Crippen molar-refractivity contribution in [2.45, 2.75) is 18.4 Å². The molecular weight excluding hydrogens is 262 g/mol. The SMILES string of the molecule is OC(Cc1cccc(F)c1F)C1COc2ccccc21. The molecule has 0 saturated heterocycles. The summed E-state index contributed by atoms with van der Waals surface area (Å²) in [5.41, 5.74) is 1.10. The largest absolute Gasteiger partial charge is 0.493 e. The first kappa shape index (κ1) is 13.1. The van der Waals surface area contributed by atoms with Crippen LogP contribution in [0.25, 0.3) is 0 Å². The predicted octanol–water partition coefficient (Wildman–Crippen LogP) is 3.04. The van der Waals surface area contributed by atoms with Gasteiger partial charge in [0, 0.05) is 17.9 Å². The molecule has 1 N–H and O–H groups in total. The van der Waals surface area contributed by atoms with Crippen molar-refractivity contribution in [3.63, 3.8) is 0 Å². The fraction of sp³-hybridized carbons (Fsp3) is 0.250. The number of aliphatic hydroxyl groups excluding tert-OH is 1. The number of hydrogen-bond donors (Lipinski definition) is 1. The summed E-state index contributed by atoms with van der Waals surface area (Å²) in [6, 6.07) is 11.5. The molecule has 0 saturated carbocycles. The van der Waals surface area contributed by atoms with Crippen LogP contribution in [0.2, 0.25) is 0 Å². The van der Waals surface area contributed by atoms with Crippen LogP contribution in [-0.2, 0) is 6.42 Å². The molecule has 1 heterocycles. The Bertz CT molecular complexity index is 628. The van der Waals surface area contributed by atoms with E-state index >= 15 is 0 Å². The fourth-order valence-corrected chi connectivity index (χ4v) is 2.58. The topological polar surface area (TPSA) is 29.5 Å². The van der Waals surface area contributed by atoms with E-state index in [1.165, 1.54) is 12.1 Å². The van der Waals surface area contributed by atoms with E-state index in [9.17, 15) is 13.9 Å². The van der Waals surface area contributed by atoms with E-state index in [4.69, 9.17) is 4.74 Å². The molecule has 2 nitrogen and oxygen atoms in total. The molecule has 4 heteroatoms. The average Bonchev–Trinajstić information content (AvgIpc) is 2.88. The summed E-state index contributed by atoms with van der Waals surface area (Å²) in [4.78, 5) is 0. The minimum absolute atomic E-state index is 0.0615. The first-order chi connectivity index (χ1) is 9.66. The number of aliphatic hydroxyl groups is 1. The fourth-order valence-electron chi connectivity index (χ4n) is 2.58. The van der Waals surface area contributed by atoms with Crippen molar-refractivity contribution in [3.05, 3.63) is 65.2 Å². The zero-order valence-electron chi connectivity index (χ0n) is 10.7. The van der Waals surface area contributed by atoms with Gasteiger partial charge in [0.25, 0.3) is 0 Å². The monoisotopic (exact) mass is 276 g/mol. The molecule has 1 aliphatic rings. The molecule has 1 aliphatic heterocycles. The third-order valence-electron chi connectivity index (χ3n) is 3.66. The Morgan fingerprint density at radius 1 is 1.15 bits per heavy atom. The Hall–Kier alpha value is -1.94. The molecule has 0 aliphatic carbocycles. The number of ether oxygens (including phenoxy) is 1. The third-order valence-corrected chi connectivity index (χ3v) is 3.66. The van der Waals surface area contributed by atoms with Crippen molar-refractivity contribution in [3.8, 4) is 5.75 Å². The smallest absolute Gasteiger partial charge is 0.162 e. The van der Waals surface area contributed by atoms with E-state index in [1.807, 2.05) is 24.3 Å². The van der Waals surface area contributed by atoms with E-state index in [2.05, 4.69) is 0 Å². The van der Waals surface area contributed by atoms with Gasteiger partial charge >= 0.3 is 0 Å². The second kappa shape index (κ2) is 5.21. The van der Waals surface area contributed by atoms with Crippen LogP contribution < -0.4 is 4.74 Å². The lowest BCUT2D eigenvalue weighted by Crippen LogP contribution is -2.23. The van der Waals surface area contributed by atoms with Gasteiger partial charge in [-0.1, -0.05) is 30.3 Å². The van der Waals surface area contributed by atoms with Crippen molar-refractivity contribution >= 4 is 0 Å². The lowest BCUT2D eigenvalue weighted by atomic mass is 9.91. The van der Waals surface area contributed by atoms with Gasteiger partial charge in [-0.15, -0.1) is 0 Å². The maximum atomic E-state index is 13.6. The summed E-state index contributed by atoms with van der Waals surface area (Å²) in [7, 11) is 0. The quantitative estimate of drug-likeness (QED) is 0.933. The number of halogens is 2. The molecule has 0 amide bonds. The third kappa shape index (κ3) is 2.27. The normalized spacial score (nSPS) is 18.4. The molecule has 0 aromatic heterocycles. The van der Waals surface area contributed by atoms with Crippen LogP contribution in [0.1, 0.15) is 17.0 Å². The van der Waals surface area contributed by atoms with Gasteiger partial charge < -0.3 is 9.84 Å². The number of fused-ring (bicyclic) bond motifs is 1. The van der Waals surface area contributed by atoms with E-state index in [1.54, 1.807) is 0 Å². The predicted molar refractivity (Wildman–Crippen MR) is 70.7 cm³/mol. The molecule has 0 fully saturated rings. The number of benzene rings is 2. The molecule has 2 unspecified atom stereocenters. The Balaban J connectivity index is 1.81. The molecule has 0 bridgehead atoms. The lowest BCUT2D eigenvalue weighted by Gasteiger charge is -2.17. The Labute approximate surface area is 115 Å². The second-order valence-corrected chi connectivity index (χ2v) is 4.94. The summed E-state index contributed by atoms with van der Waals surface area (Å²) < 4.78 is 32.3. The molecule has 3 rings (SSSR count). The highest BCUT2D eigenvalue weighted by atomic mass is 19.2. The van der Waals surface area contributed by atoms with Crippen LogP contribution in [0.5, 0.6) is 5.75 Å². The molecule has 2 atom stereocenters. The minimum atomic E-state index is -0.891. The molecule has 0 spiro atoms. The minimum Gasteiger partial charge on any atom is -0.493 e. The van der Waals surface area contributed by atoms with Crippen molar-refractivity contribution in [2.75, 3.05) is 6.61 Å². The molecule has 2 aromatic carbocycles. The average molecular weight is 276 g/mol. The van der Waals surface area contributed by atoms with E-state index in [-0.39, 0.29) is 17.9 Å².